The lowest BCUT2D eigenvalue weighted by atomic mass is 9.76. The monoisotopic (exact) mass is 256 g/mol. The minimum atomic E-state index is -0.628. The molecule has 0 N–H and O–H groups in total. The van der Waals surface area contributed by atoms with E-state index in [1.807, 2.05) is 37.3 Å². The van der Waals surface area contributed by atoms with Crippen molar-refractivity contribution in [1.82, 2.24) is 0 Å². The van der Waals surface area contributed by atoms with Gasteiger partial charge < -0.3 is 9.47 Å². The van der Waals surface area contributed by atoms with Crippen LogP contribution in [0.4, 0.5) is 0 Å². The summed E-state index contributed by atoms with van der Waals surface area (Å²) in [7, 11) is 0. The molecule has 0 saturated carbocycles. The topological polar surface area (TPSA) is 35.5 Å². The Kier molecular flexibility index (Phi) is 2.99. The molecule has 3 nitrogen and oxygen atoms in total. The highest BCUT2D eigenvalue weighted by Gasteiger charge is 2.49. The molecular formula is C16H16O3. The molecule has 0 unspecified atom stereocenters. The van der Waals surface area contributed by atoms with Gasteiger partial charge in [-0.15, -0.1) is 0 Å². The van der Waals surface area contributed by atoms with Gasteiger partial charge in [0, 0.05) is 0 Å². The molecule has 2 aromatic rings. The van der Waals surface area contributed by atoms with Gasteiger partial charge in [0.05, 0.1) is 19.8 Å². The van der Waals surface area contributed by atoms with Crippen LogP contribution in [0.3, 0.4) is 0 Å². The van der Waals surface area contributed by atoms with Crippen molar-refractivity contribution in [3.8, 4) is 0 Å². The average molecular weight is 256 g/mol. The number of fused-ring (bicyclic) bond motifs is 1. The van der Waals surface area contributed by atoms with Crippen LogP contribution in [0.5, 0.6) is 0 Å². The molecule has 1 aliphatic heterocycles. The molecule has 0 atom stereocenters. The number of carbonyl (C=O) groups excluding carboxylic acids is 1. The van der Waals surface area contributed by atoms with Gasteiger partial charge in [-0.05, 0) is 23.3 Å². The van der Waals surface area contributed by atoms with Crippen molar-refractivity contribution in [2.75, 3.05) is 19.8 Å². The van der Waals surface area contributed by atoms with Crippen molar-refractivity contribution in [2.45, 2.75) is 12.3 Å². The summed E-state index contributed by atoms with van der Waals surface area (Å²) in [6.45, 7) is 3.03. The zero-order chi connectivity index (χ0) is 13.3. The van der Waals surface area contributed by atoms with Crippen LogP contribution in [0.1, 0.15) is 12.5 Å². The van der Waals surface area contributed by atoms with Crippen molar-refractivity contribution in [3.63, 3.8) is 0 Å². The fourth-order valence-corrected chi connectivity index (χ4v) is 2.60. The number of hydrogen-bond donors (Lipinski definition) is 0. The Labute approximate surface area is 112 Å². The molecule has 0 amide bonds. The molecule has 0 radical (unpaired) electrons. The second-order valence-electron chi connectivity index (χ2n) is 4.82. The van der Waals surface area contributed by atoms with Crippen LogP contribution in [0.15, 0.2) is 42.5 Å². The molecule has 98 valence electrons. The lowest BCUT2D eigenvalue weighted by Gasteiger charge is -2.39. The first kappa shape index (κ1) is 12.2. The van der Waals surface area contributed by atoms with Crippen molar-refractivity contribution >= 4 is 16.7 Å². The van der Waals surface area contributed by atoms with E-state index in [0.717, 1.165) is 16.3 Å². The normalized spacial score (nSPS) is 16.9. The van der Waals surface area contributed by atoms with Crippen molar-refractivity contribution in [1.29, 1.82) is 0 Å². The Bertz CT molecular complexity index is 609. The van der Waals surface area contributed by atoms with Gasteiger partial charge >= 0.3 is 5.97 Å². The molecular weight excluding hydrogens is 240 g/mol. The Hall–Kier alpha value is -1.87. The summed E-state index contributed by atoms with van der Waals surface area (Å²) in [5.74, 6) is -0.183. The molecule has 2 aromatic carbocycles. The van der Waals surface area contributed by atoms with E-state index < -0.39 is 5.41 Å². The molecule has 0 aromatic heterocycles. The average Bonchev–Trinajstić information content (AvgIpc) is 2.38. The zero-order valence-corrected chi connectivity index (χ0v) is 10.9. The summed E-state index contributed by atoms with van der Waals surface area (Å²) in [6.07, 6.45) is 0. The smallest absolute Gasteiger partial charge is 0.321 e. The number of rotatable bonds is 3. The summed E-state index contributed by atoms with van der Waals surface area (Å²) < 4.78 is 10.5. The fraction of sp³-hybridized carbons (Fsp3) is 0.312. The van der Waals surface area contributed by atoms with Crippen molar-refractivity contribution in [3.05, 3.63) is 48.0 Å². The van der Waals surface area contributed by atoms with E-state index in [-0.39, 0.29) is 5.97 Å². The number of hydrogen-bond acceptors (Lipinski definition) is 3. The second-order valence-corrected chi connectivity index (χ2v) is 4.82. The first-order valence-electron chi connectivity index (χ1n) is 6.51. The van der Waals surface area contributed by atoms with E-state index in [1.54, 1.807) is 0 Å². The minimum Gasteiger partial charge on any atom is -0.465 e. The summed E-state index contributed by atoms with van der Waals surface area (Å²) in [6, 6.07) is 14.1. The van der Waals surface area contributed by atoms with Crippen LogP contribution in [-0.4, -0.2) is 25.8 Å². The van der Waals surface area contributed by atoms with Crippen LogP contribution in [0, 0.1) is 0 Å². The maximum Gasteiger partial charge on any atom is 0.321 e. The highest BCUT2D eigenvalue weighted by Crippen LogP contribution is 2.37. The van der Waals surface area contributed by atoms with E-state index in [0.29, 0.717) is 19.8 Å². The van der Waals surface area contributed by atoms with Crippen LogP contribution in [0.25, 0.3) is 10.8 Å². The molecule has 3 heteroatoms. The third-order valence-corrected chi connectivity index (χ3v) is 3.67. The predicted molar refractivity (Wildman–Crippen MR) is 73.1 cm³/mol. The summed E-state index contributed by atoms with van der Waals surface area (Å²) in [4.78, 5) is 12.3. The van der Waals surface area contributed by atoms with Crippen LogP contribution >= 0.6 is 0 Å². The van der Waals surface area contributed by atoms with Crippen molar-refractivity contribution in [2.24, 2.45) is 0 Å². The maximum atomic E-state index is 12.3. The number of carbonyl (C=O) groups is 1. The lowest BCUT2D eigenvalue weighted by Crippen LogP contribution is -2.54. The summed E-state index contributed by atoms with van der Waals surface area (Å²) in [5.41, 5.74) is 0.381. The first-order valence-corrected chi connectivity index (χ1v) is 6.51. The Morgan fingerprint density at radius 2 is 1.95 bits per heavy atom. The van der Waals surface area contributed by atoms with E-state index in [9.17, 15) is 4.79 Å². The molecule has 0 aliphatic carbocycles. The second kappa shape index (κ2) is 4.67. The molecule has 1 aliphatic rings. The quantitative estimate of drug-likeness (QED) is 0.792. The molecule has 1 fully saturated rings. The standard InChI is InChI=1S/C16H16O3/c1-2-19-15(17)16(10-18-11-16)14-9-5-7-12-6-3-4-8-13(12)14/h3-9H,2,10-11H2,1H3. The molecule has 0 spiro atoms. The van der Waals surface area contributed by atoms with E-state index >= 15 is 0 Å². The van der Waals surface area contributed by atoms with Crippen LogP contribution < -0.4 is 0 Å². The summed E-state index contributed by atoms with van der Waals surface area (Å²) >= 11 is 0. The molecule has 1 saturated heterocycles. The molecule has 19 heavy (non-hydrogen) atoms. The third-order valence-electron chi connectivity index (χ3n) is 3.67. The predicted octanol–water partition coefficient (Wildman–Crippen LogP) is 2.67. The number of ether oxygens (including phenoxy) is 2. The Morgan fingerprint density at radius 1 is 1.21 bits per heavy atom. The summed E-state index contributed by atoms with van der Waals surface area (Å²) in [5, 5.41) is 2.23. The van der Waals surface area contributed by atoms with Gasteiger partial charge in [0.1, 0.15) is 5.41 Å². The largest absolute Gasteiger partial charge is 0.465 e. The van der Waals surface area contributed by atoms with Gasteiger partial charge in [-0.1, -0.05) is 42.5 Å². The lowest BCUT2D eigenvalue weighted by molar-refractivity contribution is -0.169. The SMILES string of the molecule is CCOC(=O)C1(c2cccc3ccccc23)COC1. The van der Waals surface area contributed by atoms with Gasteiger partial charge in [0.25, 0.3) is 0 Å². The number of benzene rings is 2. The highest BCUT2D eigenvalue weighted by molar-refractivity contribution is 5.94. The maximum absolute atomic E-state index is 12.3. The Balaban J connectivity index is 2.14. The minimum absolute atomic E-state index is 0.183. The van der Waals surface area contributed by atoms with Gasteiger partial charge in [-0.25, -0.2) is 0 Å². The highest BCUT2D eigenvalue weighted by atomic mass is 16.6. The van der Waals surface area contributed by atoms with Gasteiger partial charge in [-0.3, -0.25) is 4.79 Å². The van der Waals surface area contributed by atoms with E-state index in [2.05, 4.69) is 12.1 Å². The first-order chi connectivity index (χ1) is 9.28. The van der Waals surface area contributed by atoms with Crippen LogP contribution in [0.2, 0.25) is 0 Å². The van der Waals surface area contributed by atoms with Crippen LogP contribution in [-0.2, 0) is 19.7 Å². The Morgan fingerprint density at radius 3 is 2.63 bits per heavy atom. The van der Waals surface area contributed by atoms with Gasteiger partial charge in [0.15, 0.2) is 0 Å². The molecule has 1 heterocycles. The third kappa shape index (κ3) is 1.81. The van der Waals surface area contributed by atoms with E-state index in [4.69, 9.17) is 9.47 Å². The molecule has 0 bridgehead atoms. The fourth-order valence-electron chi connectivity index (χ4n) is 2.60. The molecule has 3 rings (SSSR count). The van der Waals surface area contributed by atoms with Crippen molar-refractivity contribution < 1.29 is 14.3 Å². The van der Waals surface area contributed by atoms with E-state index in [1.165, 1.54) is 0 Å². The number of esters is 1. The zero-order valence-electron chi connectivity index (χ0n) is 10.9. The van der Waals surface area contributed by atoms with Gasteiger partial charge in [-0.2, -0.15) is 0 Å². The van der Waals surface area contributed by atoms with Gasteiger partial charge in [0.2, 0.25) is 0 Å².